The zero-order chi connectivity index (χ0) is 13.5. The molecule has 0 saturated heterocycles. The molecule has 1 rings (SSSR count). The number of amides is 3. The summed E-state index contributed by atoms with van der Waals surface area (Å²) >= 11 is 0. The summed E-state index contributed by atoms with van der Waals surface area (Å²) in [6.07, 6.45) is 0.968. The summed E-state index contributed by atoms with van der Waals surface area (Å²) in [6.45, 7) is 3.92. The van der Waals surface area contributed by atoms with Crippen molar-refractivity contribution in [2.45, 2.75) is 32.7 Å². The fraction of sp³-hybridized carbons (Fsp3) is 0.385. The lowest BCUT2D eigenvalue weighted by Gasteiger charge is -2.14. The Hall–Kier alpha value is -2.04. The van der Waals surface area contributed by atoms with E-state index in [1.807, 2.05) is 13.8 Å². The van der Waals surface area contributed by atoms with Crippen molar-refractivity contribution < 1.29 is 9.59 Å². The zero-order valence-electron chi connectivity index (χ0n) is 10.7. The molecule has 0 radical (unpaired) electrons. The Bertz CT molecular complexity index is 432. The lowest BCUT2D eigenvalue weighted by molar-refractivity contribution is -0.117. The maximum atomic E-state index is 11.7. The molecule has 0 spiro atoms. The van der Waals surface area contributed by atoms with Gasteiger partial charge in [0.2, 0.25) is 5.91 Å². The van der Waals surface area contributed by atoms with E-state index in [1.54, 1.807) is 24.3 Å². The van der Waals surface area contributed by atoms with Crippen LogP contribution in [0.1, 0.15) is 25.8 Å². The number of hydrogen-bond donors (Lipinski definition) is 3. The number of carbonyl (C=O) groups excluding carboxylic acids is 2. The van der Waals surface area contributed by atoms with E-state index in [2.05, 4.69) is 10.6 Å². The van der Waals surface area contributed by atoms with Crippen LogP contribution in [0.3, 0.4) is 0 Å². The minimum atomic E-state index is -0.424. The summed E-state index contributed by atoms with van der Waals surface area (Å²) in [7, 11) is 0. The number of hydrogen-bond acceptors (Lipinski definition) is 2. The van der Waals surface area contributed by atoms with E-state index >= 15 is 0 Å². The first-order chi connectivity index (χ1) is 8.52. The van der Waals surface area contributed by atoms with E-state index in [0.717, 1.165) is 6.42 Å². The van der Waals surface area contributed by atoms with E-state index in [9.17, 15) is 9.59 Å². The van der Waals surface area contributed by atoms with Crippen molar-refractivity contribution in [2.75, 3.05) is 5.32 Å². The molecule has 0 saturated carbocycles. The van der Waals surface area contributed by atoms with Crippen molar-refractivity contribution >= 4 is 17.6 Å². The van der Waals surface area contributed by atoms with Gasteiger partial charge < -0.3 is 16.4 Å². The fourth-order valence-electron chi connectivity index (χ4n) is 1.47. The number of anilines is 1. The first-order valence-corrected chi connectivity index (χ1v) is 5.96. The second-order valence-electron chi connectivity index (χ2n) is 4.21. The molecule has 0 aliphatic carbocycles. The smallest absolute Gasteiger partial charge is 0.319 e. The molecule has 0 aromatic heterocycles. The molecule has 3 amide bonds. The van der Waals surface area contributed by atoms with Gasteiger partial charge in [-0.15, -0.1) is 0 Å². The topological polar surface area (TPSA) is 84.2 Å². The molecule has 0 bridgehead atoms. The van der Waals surface area contributed by atoms with Gasteiger partial charge in [-0.2, -0.15) is 0 Å². The average molecular weight is 249 g/mol. The molecule has 0 aliphatic rings. The van der Waals surface area contributed by atoms with Crippen LogP contribution in [-0.4, -0.2) is 18.0 Å². The maximum Gasteiger partial charge on any atom is 0.319 e. The third-order valence-corrected chi connectivity index (χ3v) is 2.62. The fourth-order valence-corrected chi connectivity index (χ4v) is 1.47. The van der Waals surface area contributed by atoms with Crippen LogP contribution in [0.15, 0.2) is 24.3 Å². The van der Waals surface area contributed by atoms with E-state index in [1.165, 1.54) is 0 Å². The van der Waals surface area contributed by atoms with Crippen LogP contribution in [0.5, 0.6) is 0 Å². The summed E-state index contributed by atoms with van der Waals surface area (Å²) in [5, 5.41) is 5.52. The van der Waals surface area contributed by atoms with Gasteiger partial charge >= 0.3 is 6.03 Å². The molecule has 1 aromatic rings. The SMILES string of the molecule is CCC(C)NC(=O)Nc1ccccc1CC(N)=O. The summed E-state index contributed by atoms with van der Waals surface area (Å²) < 4.78 is 0. The molecule has 5 heteroatoms. The van der Waals surface area contributed by atoms with Crippen molar-refractivity contribution in [2.24, 2.45) is 5.73 Å². The summed E-state index contributed by atoms with van der Waals surface area (Å²) in [6, 6.07) is 6.94. The van der Waals surface area contributed by atoms with Crippen LogP contribution < -0.4 is 16.4 Å². The van der Waals surface area contributed by atoms with Gasteiger partial charge in [0, 0.05) is 11.7 Å². The number of nitrogens with one attached hydrogen (secondary N) is 2. The largest absolute Gasteiger partial charge is 0.369 e. The highest BCUT2D eigenvalue weighted by Gasteiger charge is 2.09. The molecule has 98 valence electrons. The van der Waals surface area contributed by atoms with E-state index in [-0.39, 0.29) is 18.5 Å². The van der Waals surface area contributed by atoms with E-state index in [4.69, 9.17) is 5.73 Å². The van der Waals surface area contributed by atoms with Gasteiger partial charge in [-0.3, -0.25) is 4.79 Å². The summed E-state index contributed by atoms with van der Waals surface area (Å²) in [4.78, 5) is 22.6. The molecule has 1 atom stereocenters. The van der Waals surface area contributed by atoms with Crippen LogP contribution in [0.2, 0.25) is 0 Å². The van der Waals surface area contributed by atoms with Crippen molar-refractivity contribution in [3.8, 4) is 0 Å². The van der Waals surface area contributed by atoms with Gasteiger partial charge in [-0.05, 0) is 25.0 Å². The Kier molecular flexibility index (Phi) is 5.17. The number of urea groups is 1. The van der Waals surface area contributed by atoms with Gasteiger partial charge in [0.05, 0.1) is 6.42 Å². The number of nitrogens with two attached hydrogens (primary N) is 1. The van der Waals surface area contributed by atoms with Crippen molar-refractivity contribution in [1.82, 2.24) is 5.32 Å². The number of benzene rings is 1. The maximum absolute atomic E-state index is 11.7. The van der Waals surface area contributed by atoms with Crippen molar-refractivity contribution in [3.63, 3.8) is 0 Å². The Morgan fingerprint density at radius 3 is 2.61 bits per heavy atom. The van der Waals surface area contributed by atoms with E-state index in [0.29, 0.717) is 11.3 Å². The number of primary amides is 1. The standard InChI is InChI=1S/C13H19N3O2/c1-3-9(2)15-13(18)16-11-7-5-4-6-10(11)8-12(14)17/h4-7,9H,3,8H2,1-2H3,(H2,14,17)(H2,15,16,18). The second-order valence-corrected chi connectivity index (χ2v) is 4.21. The van der Waals surface area contributed by atoms with Crippen molar-refractivity contribution in [1.29, 1.82) is 0 Å². The monoisotopic (exact) mass is 249 g/mol. The van der Waals surface area contributed by atoms with Crippen molar-refractivity contribution in [3.05, 3.63) is 29.8 Å². The first kappa shape index (κ1) is 14.0. The average Bonchev–Trinajstić information content (AvgIpc) is 2.30. The molecule has 5 nitrogen and oxygen atoms in total. The molecule has 4 N–H and O–H groups in total. The highest BCUT2D eigenvalue weighted by atomic mass is 16.2. The lowest BCUT2D eigenvalue weighted by Crippen LogP contribution is -2.35. The normalized spacial score (nSPS) is 11.7. The molecule has 0 heterocycles. The summed E-state index contributed by atoms with van der Waals surface area (Å²) in [5.41, 5.74) is 6.48. The zero-order valence-corrected chi connectivity index (χ0v) is 10.7. The molecule has 1 unspecified atom stereocenters. The van der Waals surface area contributed by atoms with Crippen LogP contribution in [-0.2, 0) is 11.2 Å². The molecule has 0 aliphatic heterocycles. The number of para-hydroxylation sites is 1. The number of rotatable bonds is 5. The molecular weight excluding hydrogens is 230 g/mol. The highest BCUT2D eigenvalue weighted by molar-refractivity contribution is 5.91. The predicted molar refractivity (Wildman–Crippen MR) is 71.2 cm³/mol. The van der Waals surface area contributed by atoms with Gasteiger partial charge in [-0.25, -0.2) is 4.79 Å². The van der Waals surface area contributed by atoms with Crippen LogP contribution >= 0.6 is 0 Å². The van der Waals surface area contributed by atoms with E-state index < -0.39 is 5.91 Å². The first-order valence-electron chi connectivity index (χ1n) is 5.96. The van der Waals surface area contributed by atoms with Gasteiger partial charge in [-0.1, -0.05) is 25.1 Å². The van der Waals surface area contributed by atoms with Gasteiger partial charge in [0.1, 0.15) is 0 Å². The predicted octanol–water partition coefficient (Wildman–Crippen LogP) is 1.63. The van der Waals surface area contributed by atoms with Gasteiger partial charge in [0.15, 0.2) is 0 Å². The Morgan fingerprint density at radius 2 is 2.00 bits per heavy atom. The quantitative estimate of drug-likeness (QED) is 0.741. The Morgan fingerprint density at radius 1 is 1.33 bits per heavy atom. The third kappa shape index (κ3) is 4.45. The van der Waals surface area contributed by atoms with Crippen LogP contribution in [0.4, 0.5) is 10.5 Å². The van der Waals surface area contributed by atoms with Gasteiger partial charge in [0.25, 0.3) is 0 Å². The Labute approximate surface area is 107 Å². The molecule has 0 fully saturated rings. The van der Waals surface area contributed by atoms with Crippen LogP contribution in [0, 0.1) is 0 Å². The minimum absolute atomic E-state index is 0.105. The minimum Gasteiger partial charge on any atom is -0.369 e. The summed E-state index contributed by atoms with van der Waals surface area (Å²) in [5.74, 6) is -0.424. The third-order valence-electron chi connectivity index (χ3n) is 2.62. The van der Waals surface area contributed by atoms with Crippen LogP contribution in [0.25, 0.3) is 0 Å². The Balaban J connectivity index is 2.71. The highest BCUT2D eigenvalue weighted by Crippen LogP contribution is 2.15. The molecule has 18 heavy (non-hydrogen) atoms. The molecule has 1 aromatic carbocycles. The second kappa shape index (κ2) is 6.64. The number of carbonyl (C=O) groups is 2. The molecular formula is C13H19N3O2. The lowest BCUT2D eigenvalue weighted by atomic mass is 10.1.